The Morgan fingerprint density at radius 2 is 1.72 bits per heavy atom. The first-order valence-corrected chi connectivity index (χ1v) is 8.66. The molecule has 0 aliphatic carbocycles. The van der Waals surface area contributed by atoms with Crippen molar-refractivity contribution in [2.75, 3.05) is 25.1 Å². The quantitative estimate of drug-likeness (QED) is 0.204. The fraction of sp³-hybridized carbons (Fsp3) is 0.615. The summed E-state index contributed by atoms with van der Waals surface area (Å²) in [7, 11) is 0. The average molecular weight is 377 g/mol. The molecule has 0 aromatic carbocycles. The molecule has 0 bridgehead atoms. The number of thioether (sulfide) groups is 1. The third kappa shape index (κ3) is 10.9. The molecule has 0 aromatic heterocycles. The summed E-state index contributed by atoms with van der Waals surface area (Å²) in [6.45, 7) is -1.01. The van der Waals surface area contributed by atoms with E-state index in [9.17, 15) is 24.0 Å². The lowest BCUT2D eigenvalue weighted by Crippen LogP contribution is -2.53. The molecule has 0 saturated carbocycles. The molecule has 0 aliphatic rings. The number of carboxylic acid groups (broad SMARTS) is 1. The van der Waals surface area contributed by atoms with Crippen molar-refractivity contribution in [3.05, 3.63) is 0 Å². The van der Waals surface area contributed by atoms with Gasteiger partial charge in [-0.05, 0) is 18.4 Å². The summed E-state index contributed by atoms with van der Waals surface area (Å²) in [6.07, 6.45) is 1.73. The van der Waals surface area contributed by atoms with Crippen molar-refractivity contribution < 1.29 is 29.1 Å². The van der Waals surface area contributed by atoms with E-state index in [1.807, 2.05) is 6.26 Å². The van der Waals surface area contributed by atoms with Crippen molar-refractivity contribution >= 4 is 41.4 Å². The van der Waals surface area contributed by atoms with Gasteiger partial charge in [-0.3, -0.25) is 24.0 Å². The summed E-state index contributed by atoms with van der Waals surface area (Å²) in [5, 5.41) is 15.2. The molecule has 0 rings (SSSR count). The Balaban J connectivity index is 4.59. The number of rotatable bonds is 12. The Bertz CT molecular complexity index is 515. The van der Waals surface area contributed by atoms with Gasteiger partial charge in [0.1, 0.15) is 12.6 Å². The molecule has 12 heteroatoms. The minimum atomic E-state index is -1.21. The van der Waals surface area contributed by atoms with Crippen LogP contribution >= 0.6 is 11.8 Å². The number of nitrogens with one attached hydrogen (secondary N) is 3. The van der Waals surface area contributed by atoms with Gasteiger partial charge in [0.05, 0.1) is 19.0 Å². The lowest BCUT2D eigenvalue weighted by Gasteiger charge is -2.20. The smallest absolute Gasteiger partial charge is 0.322 e. The monoisotopic (exact) mass is 377 g/mol. The van der Waals surface area contributed by atoms with Gasteiger partial charge in [-0.25, -0.2) is 0 Å². The highest BCUT2D eigenvalue weighted by molar-refractivity contribution is 7.98. The maximum absolute atomic E-state index is 12.1. The Morgan fingerprint density at radius 3 is 2.24 bits per heavy atom. The van der Waals surface area contributed by atoms with Crippen molar-refractivity contribution in [1.82, 2.24) is 16.0 Å². The van der Waals surface area contributed by atoms with Crippen LogP contribution in [0.4, 0.5) is 0 Å². The number of nitrogens with two attached hydrogens (primary N) is 2. The predicted octanol–water partition coefficient (Wildman–Crippen LogP) is -3.26. The summed E-state index contributed by atoms with van der Waals surface area (Å²) in [4.78, 5) is 56.5. The van der Waals surface area contributed by atoms with E-state index >= 15 is 0 Å². The first-order valence-electron chi connectivity index (χ1n) is 7.26. The van der Waals surface area contributed by atoms with E-state index in [4.69, 9.17) is 16.6 Å². The van der Waals surface area contributed by atoms with Gasteiger partial charge in [-0.1, -0.05) is 0 Å². The van der Waals surface area contributed by atoms with Gasteiger partial charge in [-0.2, -0.15) is 11.8 Å². The van der Waals surface area contributed by atoms with E-state index in [0.29, 0.717) is 5.75 Å². The molecule has 0 radical (unpaired) electrons. The van der Waals surface area contributed by atoms with E-state index in [0.717, 1.165) is 0 Å². The molecule has 2 atom stereocenters. The number of amides is 4. The second-order valence-electron chi connectivity index (χ2n) is 5.01. The molecular weight excluding hydrogens is 354 g/mol. The second-order valence-corrected chi connectivity index (χ2v) is 5.99. The van der Waals surface area contributed by atoms with Gasteiger partial charge in [0, 0.05) is 0 Å². The Kier molecular flexibility index (Phi) is 11.0. The van der Waals surface area contributed by atoms with Crippen LogP contribution in [0.3, 0.4) is 0 Å². The Morgan fingerprint density at radius 1 is 1.08 bits per heavy atom. The zero-order valence-electron chi connectivity index (χ0n) is 13.7. The maximum Gasteiger partial charge on any atom is 0.322 e. The van der Waals surface area contributed by atoms with Crippen LogP contribution in [-0.4, -0.2) is 71.9 Å². The van der Waals surface area contributed by atoms with Crippen LogP contribution in [0.25, 0.3) is 0 Å². The Labute approximate surface area is 148 Å². The highest BCUT2D eigenvalue weighted by Crippen LogP contribution is 2.02. The maximum atomic E-state index is 12.1. The normalized spacial score (nSPS) is 12.6. The first kappa shape index (κ1) is 22.7. The van der Waals surface area contributed by atoms with Crippen molar-refractivity contribution in [2.24, 2.45) is 11.5 Å². The van der Waals surface area contributed by atoms with Crippen molar-refractivity contribution in [3.63, 3.8) is 0 Å². The number of hydrogen-bond donors (Lipinski definition) is 6. The van der Waals surface area contributed by atoms with Gasteiger partial charge in [0.25, 0.3) is 0 Å². The summed E-state index contributed by atoms with van der Waals surface area (Å²) in [6, 6.07) is -2.13. The molecule has 2 unspecified atom stereocenters. The van der Waals surface area contributed by atoms with Gasteiger partial charge >= 0.3 is 5.97 Å². The number of carbonyl (C=O) groups is 5. The number of carbonyl (C=O) groups excluding carboxylic acids is 4. The molecule has 0 aliphatic heterocycles. The van der Waals surface area contributed by atoms with Gasteiger partial charge in [0.2, 0.25) is 23.6 Å². The fourth-order valence-electron chi connectivity index (χ4n) is 1.62. The molecule has 11 nitrogen and oxygen atoms in total. The molecule has 0 spiro atoms. The van der Waals surface area contributed by atoms with Crippen molar-refractivity contribution in [3.8, 4) is 0 Å². The molecule has 25 heavy (non-hydrogen) atoms. The molecule has 0 aromatic rings. The Hall–Kier alpha value is -2.34. The standard InChI is InChI=1S/C13H23N5O6S/c1-25-3-2-8(18-12(23)7(14)4-9(15)19)13(24)17-5-10(20)16-6-11(21)22/h7-8H,2-6,14H2,1H3,(H2,15,19)(H,16,20)(H,17,24)(H,18,23)(H,21,22). The van der Waals surface area contributed by atoms with E-state index in [2.05, 4.69) is 16.0 Å². The molecule has 0 saturated heterocycles. The van der Waals surface area contributed by atoms with Gasteiger partial charge in [0.15, 0.2) is 0 Å². The van der Waals surface area contributed by atoms with E-state index in [1.165, 1.54) is 11.8 Å². The molecular formula is C13H23N5O6S. The minimum Gasteiger partial charge on any atom is -0.480 e. The van der Waals surface area contributed by atoms with Crippen LogP contribution < -0.4 is 27.4 Å². The van der Waals surface area contributed by atoms with E-state index in [1.54, 1.807) is 0 Å². The zero-order valence-corrected chi connectivity index (χ0v) is 14.6. The number of carboxylic acids is 1. The second kappa shape index (κ2) is 12.1. The SMILES string of the molecule is CSCCC(NC(=O)C(N)CC(N)=O)C(=O)NCC(=O)NCC(=O)O. The van der Waals surface area contributed by atoms with Crippen molar-refractivity contribution in [2.45, 2.75) is 24.9 Å². The summed E-state index contributed by atoms with van der Waals surface area (Å²) < 4.78 is 0. The van der Waals surface area contributed by atoms with E-state index < -0.39 is 54.8 Å². The van der Waals surface area contributed by atoms with Crippen LogP contribution in [0.2, 0.25) is 0 Å². The van der Waals surface area contributed by atoms with Crippen LogP contribution in [0, 0.1) is 0 Å². The summed E-state index contributed by atoms with van der Waals surface area (Å²) in [5.41, 5.74) is 10.5. The fourth-order valence-corrected chi connectivity index (χ4v) is 2.09. The van der Waals surface area contributed by atoms with Crippen LogP contribution in [0.15, 0.2) is 0 Å². The molecule has 142 valence electrons. The lowest BCUT2D eigenvalue weighted by molar-refractivity contribution is -0.138. The molecule has 8 N–H and O–H groups in total. The molecule has 0 fully saturated rings. The average Bonchev–Trinajstić information content (AvgIpc) is 2.53. The summed E-state index contributed by atoms with van der Waals surface area (Å²) in [5.74, 6) is -3.43. The number of aliphatic carboxylic acids is 1. The highest BCUT2D eigenvalue weighted by atomic mass is 32.2. The first-order chi connectivity index (χ1) is 11.7. The summed E-state index contributed by atoms with van der Waals surface area (Å²) >= 11 is 1.45. The molecule has 4 amide bonds. The van der Waals surface area contributed by atoms with Crippen molar-refractivity contribution in [1.29, 1.82) is 0 Å². The van der Waals surface area contributed by atoms with Crippen LogP contribution in [-0.2, 0) is 24.0 Å². The van der Waals surface area contributed by atoms with E-state index in [-0.39, 0.29) is 12.8 Å². The van der Waals surface area contributed by atoms with Gasteiger partial charge in [-0.15, -0.1) is 0 Å². The minimum absolute atomic E-state index is 0.277. The number of hydrogen-bond acceptors (Lipinski definition) is 7. The molecule has 0 heterocycles. The predicted molar refractivity (Wildman–Crippen MR) is 90.4 cm³/mol. The number of primary amides is 1. The van der Waals surface area contributed by atoms with Gasteiger partial charge < -0.3 is 32.5 Å². The lowest BCUT2D eigenvalue weighted by atomic mass is 10.1. The van der Waals surface area contributed by atoms with Crippen LogP contribution in [0.5, 0.6) is 0 Å². The third-order valence-corrected chi connectivity index (χ3v) is 3.51. The van der Waals surface area contributed by atoms with Crippen LogP contribution in [0.1, 0.15) is 12.8 Å². The third-order valence-electron chi connectivity index (χ3n) is 2.86. The highest BCUT2D eigenvalue weighted by Gasteiger charge is 2.24. The topological polar surface area (TPSA) is 194 Å². The largest absolute Gasteiger partial charge is 0.480 e. The zero-order chi connectivity index (χ0) is 19.4.